The molecule has 0 heterocycles. The summed E-state index contributed by atoms with van der Waals surface area (Å²) in [7, 11) is 0. The van der Waals surface area contributed by atoms with Gasteiger partial charge in [-0.15, -0.1) is 0 Å². The lowest BCUT2D eigenvalue weighted by molar-refractivity contribution is 0.0955. The fraction of sp³-hybridized carbons (Fsp3) is 0.231. The summed E-state index contributed by atoms with van der Waals surface area (Å²) in [5, 5.41) is 13.2. The van der Waals surface area contributed by atoms with Crippen LogP contribution in [0.5, 0.6) is 5.75 Å². The maximum absolute atomic E-state index is 11.7. The maximum atomic E-state index is 11.7. The Morgan fingerprint density at radius 1 is 1.29 bits per heavy atom. The molecule has 0 fully saturated rings. The highest BCUT2D eigenvalue weighted by Gasteiger charge is 2.08. The maximum Gasteiger partial charge on any atom is 0.271 e. The zero-order valence-corrected chi connectivity index (χ0v) is 9.60. The Hall–Kier alpha value is -2.10. The summed E-state index contributed by atoms with van der Waals surface area (Å²) in [6, 6.07) is 6.06. The number of phenolic OH excluding ortho intramolecular Hbond substituents is 1. The second-order valence-corrected chi connectivity index (χ2v) is 4.08. The van der Waals surface area contributed by atoms with Gasteiger partial charge in [0.1, 0.15) is 5.75 Å². The Morgan fingerprint density at radius 2 is 2.00 bits per heavy atom. The third-order valence-corrected chi connectivity index (χ3v) is 2.62. The lowest BCUT2D eigenvalue weighted by Crippen LogP contribution is -2.18. The van der Waals surface area contributed by atoms with Gasteiger partial charge in [-0.3, -0.25) is 4.79 Å². The van der Waals surface area contributed by atoms with E-state index in [9.17, 15) is 4.79 Å². The van der Waals surface area contributed by atoms with Crippen molar-refractivity contribution in [1.29, 1.82) is 0 Å². The van der Waals surface area contributed by atoms with E-state index in [4.69, 9.17) is 5.11 Å². The fourth-order valence-corrected chi connectivity index (χ4v) is 1.64. The summed E-state index contributed by atoms with van der Waals surface area (Å²) in [6.07, 6.45) is 3.87. The first kappa shape index (κ1) is 11.4. The molecule has 2 N–H and O–H groups in total. The Labute approximate surface area is 99.7 Å². The molecule has 0 unspecified atom stereocenters. The van der Waals surface area contributed by atoms with Crippen LogP contribution in [0.4, 0.5) is 0 Å². The number of phenols is 1. The van der Waals surface area contributed by atoms with Crippen molar-refractivity contribution < 1.29 is 9.90 Å². The van der Waals surface area contributed by atoms with Crippen molar-refractivity contribution in [3.05, 3.63) is 41.5 Å². The smallest absolute Gasteiger partial charge is 0.271 e. The zero-order valence-electron chi connectivity index (χ0n) is 9.60. The molecule has 4 nitrogen and oxygen atoms in total. The van der Waals surface area contributed by atoms with Crippen molar-refractivity contribution in [3.63, 3.8) is 0 Å². The number of amides is 1. The van der Waals surface area contributed by atoms with Gasteiger partial charge in [-0.25, -0.2) is 5.43 Å². The number of rotatable bonds is 2. The number of hydrogen-bond acceptors (Lipinski definition) is 3. The molecule has 0 bridgehead atoms. The molecule has 88 valence electrons. The van der Waals surface area contributed by atoms with Gasteiger partial charge >= 0.3 is 0 Å². The fourth-order valence-electron chi connectivity index (χ4n) is 1.64. The first-order chi connectivity index (χ1) is 8.15. The molecule has 1 aliphatic rings. The van der Waals surface area contributed by atoms with Gasteiger partial charge in [0.25, 0.3) is 5.91 Å². The van der Waals surface area contributed by atoms with Crippen molar-refractivity contribution in [3.8, 4) is 5.75 Å². The van der Waals surface area contributed by atoms with Crippen molar-refractivity contribution in [2.24, 2.45) is 5.10 Å². The molecular formula is C13H14N2O2. The molecule has 2 rings (SSSR count). The average Bonchev–Trinajstić information content (AvgIpc) is 2.73. The van der Waals surface area contributed by atoms with E-state index in [1.165, 1.54) is 17.7 Å². The highest BCUT2D eigenvalue weighted by atomic mass is 16.3. The summed E-state index contributed by atoms with van der Waals surface area (Å²) in [5.74, 6) is -0.127. The Bertz CT molecular complexity index is 487. The van der Waals surface area contributed by atoms with Crippen LogP contribution in [0.15, 0.2) is 41.0 Å². The highest BCUT2D eigenvalue weighted by molar-refractivity contribution is 6.00. The number of carbonyl (C=O) groups is 1. The van der Waals surface area contributed by atoms with Gasteiger partial charge in [0.05, 0.1) is 5.71 Å². The number of hydrazone groups is 1. The van der Waals surface area contributed by atoms with Crippen LogP contribution in [0.25, 0.3) is 0 Å². The quantitative estimate of drug-likeness (QED) is 0.765. The molecule has 0 saturated heterocycles. The van der Waals surface area contributed by atoms with E-state index in [1.54, 1.807) is 12.1 Å². The first-order valence-electron chi connectivity index (χ1n) is 5.48. The van der Waals surface area contributed by atoms with E-state index in [0.29, 0.717) is 5.56 Å². The number of nitrogens with zero attached hydrogens (tertiary/aromatic N) is 1. The van der Waals surface area contributed by atoms with Gasteiger partial charge < -0.3 is 5.11 Å². The van der Waals surface area contributed by atoms with Gasteiger partial charge in [0, 0.05) is 5.56 Å². The molecule has 0 atom stereocenters. The van der Waals surface area contributed by atoms with Crippen molar-refractivity contribution in [2.75, 3.05) is 0 Å². The summed E-state index contributed by atoms with van der Waals surface area (Å²) >= 11 is 0. The largest absolute Gasteiger partial charge is 0.508 e. The number of nitrogens with one attached hydrogen (secondary N) is 1. The standard InChI is InChI=1S/C13H14N2O2/c1-9-2-5-11(8-9)14-15-13(17)10-3-6-12(16)7-4-10/h3-4,6-8,16H,2,5H2,1H3,(H,15,17). The SMILES string of the molecule is CC1=CC(=NNC(=O)c2ccc(O)cc2)CC1. The molecule has 0 saturated carbocycles. The Kier molecular flexibility index (Phi) is 3.23. The molecule has 1 aromatic rings. The van der Waals surface area contributed by atoms with E-state index in [-0.39, 0.29) is 11.7 Å². The molecule has 0 aliphatic heterocycles. The van der Waals surface area contributed by atoms with Gasteiger partial charge in [-0.05, 0) is 50.1 Å². The molecule has 4 heteroatoms. The van der Waals surface area contributed by atoms with E-state index < -0.39 is 0 Å². The number of aromatic hydroxyl groups is 1. The lowest BCUT2D eigenvalue weighted by atomic mass is 10.2. The second kappa shape index (κ2) is 4.82. The summed E-state index contributed by atoms with van der Waals surface area (Å²) in [4.78, 5) is 11.7. The number of allylic oxidation sites excluding steroid dienone is 2. The third kappa shape index (κ3) is 2.93. The van der Waals surface area contributed by atoms with Crippen LogP contribution in [0, 0.1) is 0 Å². The minimum atomic E-state index is -0.268. The molecule has 0 aromatic heterocycles. The predicted octanol–water partition coefficient (Wildman–Crippen LogP) is 2.22. The van der Waals surface area contributed by atoms with Crippen LogP contribution < -0.4 is 5.43 Å². The highest BCUT2D eigenvalue weighted by Crippen LogP contribution is 2.14. The Morgan fingerprint density at radius 3 is 2.59 bits per heavy atom. The molecule has 1 amide bonds. The monoisotopic (exact) mass is 230 g/mol. The summed E-state index contributed by atoms with van der Waals surface area (Å²) in [5.41, 5.74) is 5.16. The van der Waals surface area contributed by atoms with Crippen LogP contribution >= 0.6 is 0 Å². The van der Waals surface area contributed by atoms with E-state index in [2.05, 4.69) is 10.5 Å². The summed E-state index contributed by atoms with van der Waals surface area (Å²) < 4.78 is 0. The number of benzene rings is 1. The topological polar surface area (TPSA) is 61.7 Å². The minimum absolute atomic E-state index is 0.141. The zero-order chi connectivity index (χ0) is 12.3. The van der Waals surface area contributed by atoms with E-state index in [1.807, 2.05) is 13.0 Å². The van der Waals surface area contributed by atoms with Gasteiger partial charge in [0.15, 0.2) is 0 Å². The van der Waals surface area contributed by atoms with E-state index >= 15 is 0 Å². The third-order valence-electron chi connectivity index (χ3n) is 2.62. The van der Waals surface area contributed by atoms with Crippen molar-refractivity contribution in [1.82, 2.24) is 5.43 Å². The predicted molar refractivity (Wildman–Crippen MR) is 66.0 cm³/mol. The number of carbonyl (C=O) groups excluding carboxylic acids is 1. The molecule has 1 aromatic carbocycles. The normalized spacial score (nSPS) is 17.0. The van der Waals surface area contributed by atoms with Crippen molar-refractivity contribution in [2.45, 2.75) is 19.8 Å². The van der Waals surface area contributed by atoms with Crippen LogP contribution in [-0.2, 0) is 0 Å². The van der Waals surface area contributed by atoms with E-state index in [0.717, 1.165) is 18.6 Å². The molecule has 0 spiro atoms. The molecule has 1 aliphatic carbocycles. The van der Waals surface area contributed by atoms with Crippen molar-refractivity contribution >= 4 is 11.6 Å². The molecule has 17 heavy (non-hydrogen) atoms. The lowest BCUT2D eigenvalue weighted by Gasteiger charge is -2.00. The average molecular weight is 230 g/mol. The van der Waals surface area contributed by atoms with Gasteiger partial charge in [-0.2, -0.15) is 5.10 Å². The van der Waals surface area contributed by atoms with Gasteiger partial charge in [-0.1, -0.05) is 5.57 Å². The molecular weight excluding hydrogens is 216 g/mol. The second-order valence-electron chi connectivity index (χ2n) is 4.08. The number of hydrogen-bond donors (Lipinski definition) is 2. The Balaban J connectivity index is 2.00. The van der Waals surface area contributed by atoms with Crippen LogP contribution in [0.2, 0.25) is 0 Å². The first-order valence-corrected chi connectivity index (χ1v) is 5.48. The summed E-state index contributed by atoms with van der Waals surface area (Å²) in [6.45, 7) is 2.05. The van der Waals surface area contributed by atoms with Crippen LogP contribution in [-0.4, -0.2) is 16.7 Å². The minimum Gasteiger partial charge on any atom is -0.508 e. The van der Waals surface area contributed by atoms with Crippen LogP contribution in [0.3, 0.4) is 0 Å². The van der Waals surface area contributed by atoms with Gasteiger partial charge in [0.2, 0.25) is 0 Å². The van der Waals surface area contributed by atoms with Crippen LogP contribution in [0.1, 0.15) is 30.1 Å². The molecule has 0 radical (unpaired) electrons.